The first-order valence-corrected chi connectivity index (χ1v) is 8.84. The van der Waals surface area contributed by atoms with Crippen molar-refractivity contribution in [2.75, 3.05) is 24.7 Å². The summed E-state index contributed by atoms with van der Waals surface area (Å²) in [5, 5.41) is 8.97. The van der Waals surface area contributed by atoms with Crippen LogP contribution in [-0.4, -0.2) is 36.9 Å². The molecule has 0 fully saturated rings. The molecule has 0 atom stereocenters. The van der Waals surface area contributed by atoms with Gasteiger partial charge in [0, 0.05) is 18.7 Å². The number of hydrogen-bond acceptors (Lipinski definition) is 6. The molecule has 0 heterocycles. The van der Waals surface area contributed by atoms with Gasteiger partial charge in [-0.1, -0.05) is 30.3 Å². The van der Waals surface area contributed by atoms with Crippen LogP contribution in [0.25, 0.3) is 0 Å². The van der Waals surface area contributed by atoms with E-state index in [2.05, 4.69) is 4.84 Å². The number of nitrogens with two attached hydrogens (primary N) is 1. The summed E-state index contributed by atoms with van der Waals surface area (Å²) in [6, 6.07) is 16.0. The molecule has 8 nitrogen and oxygen atoms in total. The first-order chi connectivity index (χ1) is 13.6. The number of anilines is 1. The van der Waals surface area contributed by atoms with Crippen molar-refractivity contribution in [2.45, 2.75) is 19.4 Å². The Hall–Kier alpha value is -3.10. The molecule has 1 amide bonds. The van der Waals surface area contributed by atoms with Gasteiger partial charge in [0.15, 0.2) is 0 Å². The molecule has 8 heteroatoms. The van der Waals surface area contributed by atoms with Crippen molar-refractivity contribution in [1.82, 2.24) is 0 Å². The van der Waals surface area contributed by atoms with Crippen molar-refractivity contribution in [3.05, 3.63) is 60.2 Å². The molecule has 0 saturated carbocycles. The zero-order valence-electron chi connectivity index (χ0n) is 15.5. The number of rotatable bonds is 11. The lowest BCUT2D eigenvalue weighted by Crippen LogP contribution is -2.33. The van der Waals surface area contributed by atoms with Crippen LogP contribution in [0.4, 0.5) is 10.5 Å². The molecule has 0 aliphatic carbocycles. The lowest BCUT2D eigenvalue weighted by Gasteiger charge is -2.22. The summed E-state index contributed by atoms with van der Waals surface area (Å²) in [6.45, 7) is 0.942. The molecule has 150 valence electrons. The van der Waals surface area contributed by atoms with Gasteiger partial charge in [-0.2, -0.15) is 0 Å². The molecule has 3 N–H and O–H groups in total. The Morgan fingerprint density at radius 1 is 1.00 bits per heavy atom. The van der Waals surface area contributed by atoms with Gasteiger partial charge < -0.3 is 19.4 Å². The van der Waals surface area contributed by atoms with Crippen LogP contribution in [0.15, 0.2) is 54.6 Å². The highest BCUT2D eigenvalue weighted by molar-refractivity contribution is 5.88. The number of nitrogens with zero attached hydrogens (tertiary/aromatic N) is 1. The lowest BCUT2D eigenvalue weighted by molar-refractivity contribution is -0.136. The van der Waals surface area contributed by atoms with Crippen LogP contribution >= 0.6 is 0 Å². The Labute approximate surface area is 163 Å². The normalized spacial score (nSPS) is 10.3. The number of benzene rings is 2. The predicted molar refractivity (Wildman–Crippen MR) is 103 cm³/mol. The third-order valence-electron chi connectivity index (χ3n) is 3.80. The van der Waals surface area contributed by atoms with Crippen molar-refractivity contribution in [1.29, 1.82) is 0 Å². The van der Waals surface area contributed by atoms with Gasteiger partial charge in [-0.15, -0.1) is 0 Å². The fourth-order valence-electron chi connectivity index (χ4n) is 2.39. The topological polar surface area (TPSA) is 111 Å². The Morgan fingerprint density at radius 3 is 2.36 bits per heavy atom. The Kier molecular flexibility index (Phi) is 8.77. The molecule has 0 spiro atoms. The van der Waals surface area contributed by atoms with Gasteiger partial charge in [-0.25, -0.2) is 10.7 Å². The van der Waals surface area contributed by atoms with E-state index in [1.807, 2.05) is 30.3 Å². The summed E-state index contributed by atoms with van der Waals surface area (Å²) < 4.78 is 10.9. The van der Waals surface area contributed by atoms with Crippen LogP contribution in [0.3, 0.4) is 0 Å². The van der Waals surface area contributed by atoms with Crippen LogP contribution in [-0.2, 0) is 21.0 Å². The van der Waals surface area contributed by atoms with E-state index in [4.69, 9.17) is 20.5 Å². The van der Waals surface area contributed by atoms with Gasteiger partial charge in [-0.3, -0.25) is 9.69 Å². The number of ether oxygens (including phenoxy) is 2. The summed E-state index contributed by atoms with van der Waals surface area (Å²) in [7, 11) is 0. The van der Waals surface area contributed by atoms with E-state index in [0.29, 0.717) is 31.1 Å². The summed E-state index contributed by atoms with van der Waals surface area (Å²) in [6.07, 6.45) is -0.161. The van der Waals surface area contributed by atoms with Crippen molar-refractivity contribution >= 4 is 17.7 Å². The molecular formula is C20H24N2O6. The smallest absolute Gasteiger partial charge is 0.414 e. The minimum atomic E-state index is -0.997. The van der Waals surface area contributed by atoms with Crippen LogP contribution in [0.2, 0.25) is 0 Å². The maximum atomic E-state index is 12.5. The highest BCUT2D eigenvalue weighted by atomic mass is 16.6. The highest BCUT2D eigenvalue weighted by Gasteiger charge is 2.18. The maximum Gasteiger partial charge on any atom is 0.414 e. The summed E-state index contributed by atoms with van der Waals surface area (Å²) >= 11 is 0. The Balaban J connectivity index is 2.00. The predicted octanol–water partition coefficient (Wildman–Crippen LogP) is 2.96. The monoisotopic (exact) mass is 388 g/mol. The van der Waals surface area contributed by atoms with E-state index in [9.17, 15) is 9.59 Å². The summed E-state index contributed by atoms with van der Waals surface area (Å²) in [4.78, 5) is 29.2. The molecule has 0 aromatic heterocycles. The molecule has 0 radical (unpaired) electrons. The SMILES string of the molecule is NOCCCOc1ccc(N(CCC(=O)O)C(=O)OCc2ccccc2)cc1. The molecule has 0 bridgehead atoms. The van der Waals surface area contributed by atoms with Crippen molar-refractivity contribution in [3.63, 3.8) is 0 Å². The third kappa shape index (κ3) is 7.26. The maximum absolute atomic E-state index is 12.5. The third-order valence-corrected chi connectivity index (χ3v) is 3.80. The fraction of sp³-hybridized carbons (Fsp3) is 0.300. The van der Waals surface area contributed by atoms with E-state index < -0.39 is 12.1 Å². The second-order valence-corrected chi connectivity index (χ2v) is 5.90. The number of aliphatic carboxylic acids is 1. The van der Waals surface area contributed by atoms with Gasteiger partial charge in [0.25, 0.3) is 0 Å². The molecule has 0 aliphatic rings. The van der Waals surface area contributed by atoms with E-state index in [-0.39, 0.29) is 19.6 Å². The fourth-order valence-corrected chi connectivity index (χ4v) is 2.39. The van der Waals surface area contributed by atoms with E-state index >= 15 is 0 Å². The Bertz CT molecular complexity index is 736. The van der Waals surface area contributed by atoms with E-state index in [0.717, 1.165) is 5.56 Å². The Morgan fingerprint density at radius 2 is 1.71 bits per heavy atom. The average molecular weight is 388 g/mol. The van der Waals surface area contributed by atoms with Crippen molar-refractivity contribution in [2.24, 2.45) is 5.90 Å². The minimum Gasteiger partial charge on any atom is -0.494 e. The van der Waals surface area contributed by atoms with Crippen LogP contribution in [0.5, 0.6) is 5.75 Å². The average Bonchev–Trinajstić information content (AvgIpc) is 2.71. The van der Waals surface area contributed by atoms with Crippen molar-refractivity contribution in [3.8, 4) is 5.75 Å². The van der Waals surface area contributed by atoms with Crippen molar-refractivity contribution < 1.29 is 29.0 Å². The molecule has 0 unspecified atom stereocenters. The standard InChI is InChI=1S/C20H24N2O6/c21-28-14-4-13-26-18-9-7-17(8-10-18)22(12-11-19(23)24)20(25)27-15-16-5-2-1-3-6-16/h1-3,5-10H,4,11-15,21H2,(H,23,24). The lowest BCUT2D eigenvalue weighted by atomic mass is 10.2. The molecular weight excluding hydrogens is 364 g/mol. The van der Waals surface area contributed by atoms with Gasteiger partial charge in [-0.05, 0) is 29.8 Å². The largest absolute Gasteiger partial charge is 0.494 e. The first-order valence-electron chi connectivity index (χ1n) is 8.84. The van der Waals surface area contributed by atoms with Crippen LogP contribution in [0.1, 0.15) is 18.4 Å². The van der Waals surface area contributed by atoms with E-state index in [1.54, 1.807) is 24.3 Å². The van der Waals surface area contributed by atoms with Gasteiger partial charge in [0.1, 0.15) is 12.4 Å². The second kappa shape index (κ2) is 11.6. The molecule has 2 rings (SSSR count). The number of carbonyl (C=O) groups excluding carboxylic acids is 1. The first kappa shape index (κ1) is 21.2. The molecule has 0 saturated heterocycles. The van der Waals surface area contributed by atoms with Gasteiger partial charge in [0.2, 0.25) is 0 Å². The molecule has 2 aromatic carbocycles. The number of carboxylic acids is 1. The number of amides is 1. The second-order valence-electron chi connectivity index (χ2n) is 5.90. The minimum absolute atomic E-state index is 0.00298. The number of carboxylic acid groups (broad SMARTS) is 1. The van der Waals surface area contributed by atoms with E-state index in [1.165, 1.54) is 4.90 Å². The molecule has 0 aliphatic heterocycles. The van der Waals surface area contributed by atoms with Crippen LogP contribution < -0.4 is 15.5 Å². The molecule has 2 aromatic rings. The number of hydrogen-bond donors (Lipinski definition) is 2. The highest BCUT2D eigenvalue weighted by Crippen LogP contribution is 2.21. The zero-order valence-corrected chi connectivity index (χ0v) is 15.5. The van der Waals surface area contributed by atoms with Gasteiger partial charge >= 0.3 is 12.1 Å². The zero-order chi connectivity index (χ0) is 20.2. The molecule has 28 heavy (non-hydrogen) atoms. The quantitative estimate of drug-likeness (QED) is 0.450. The summed E-state index contributed by atoms with van der Waals surface area (Å²) in [5.74, 6) is 4.58. The van der Waals surface area contributed by atoms with Crippen LogP contribution in [0, 0.1) is 0 Å². The summed E-state index contributed by atoms with van der Waals surface area (Å²) in [5.41, 5.74) is 1.37. The van der Waals surface area contributed by atoms with Gasteiger partial charge in [0.05, 0.1) is 19.6 Å². The number of carbonyl (C=O) groups is 2.